The van der Waals surface area contributed by atoms with Crippen LogP contribution in [-0.4, -0.2) is 18.5 Å². The van der Waals surface area contributed by atoms with Crippen molar-refractivity contribution in [3.8, 4) is 0 Å². The Balaban J connectivity index is 2.02. The lowest BCUT2D eigenvalue weighted by atomic mass is 9.72. The molecule has 2 heteroatoms. The zero-order chi connectivity index (χ0) is 12.3. The van der Waals surface area contributed by atoms with Gasteiger partial charge in [-0.3, -0.25) is 4.79 Å². The standard InChI is InChI=1S/C15H26O2/c1-3-11-7-5-6-8-12(11)15(16)13-9-10-17-14(13)4-2/h11-14H,3-10H2,1-2H3. The summed E-state index contributed by atoms with van der Waals surface area (Å²) in [4.78, 5) is 12.7. The van der Waals surface area contributed by atoms with Gasteiger partial charge in [0.15, 0.2) is 0 Å². The third kappa shape index (κ3) is 2.73. The van der Waals surface area contributed by atoms with Gasteiger partial charge in [0.05, 0.1) is 6.10 Å². The third-order valence-corrected chi connectivity index (χ3v) is 4.78. The number of hydrogen-bond acceptors (Lipinski definition) is 2. The molecule has 0 aromatic rings. The molecule has 0 amide bonds. The van der Waals surface area contributed by atoms with Crippen LogP contribution in [0.5, 0.6) is 0 Å². The molecule has 1 aliphatic carbocycles. The Morgan fingerprint density at radius 3 is 2.53 bits per heavy atom. The SMILES string of the molecule is CCC1CCCCC1C(=O)C1CCOC1CC. The van der Waals surface area contributed by atoms with Crippen molar-refractivity contribution in [2.45, 2.75) is 64.9 Å². The van der Waals surface area contributed by atoms with E-state index in [1.165, 1.54) is 25.7 Å². The average molecular weight is 238 g/mol. The van der Waals surface area contributed by atoms with E-state index < -0.39 is 0 Å². The number of carbonyl (C=O) groups excluding carboxylic acids is 1. The molecule has 4 atom stereocenters. The van der Waals surface area contributed by atoms with E-state index in [0.717, 1.165) is 25.9 Å². The Labute approximate surface area is 105 Å². The maximum Gasteiger partial charge on any atom is 0.141 e. The van der Waals surface area contributed by atoms with Gasteiger partial charge >= 0.3 is 0 Å². The van der Waals surface area contributed by atoms with Crippen LogP contribution in [0, 0.1) is 17.8 Å². The lowest BCUT2D eigenvalue weighted by molar-refractivity contribution is -0.131. The van der Waals surface area contributed by atoms with Gasteiger partial charge in [-0.2, -0.15) is 0 Å². The highest BCUT2D eigenvalue weighted by Crippen LogP contribution is 2.37. The highest BCUT2D eigenvalue weighted by Gasteiger charge is 2.39. The summed E-state index contributed by atoms with van der Waals surface area (Å²) in [5, 5.41) is 0. The molecule has 17 heavy (non-hydrogen) atoms. The fourth-order valence-electron chi connectivity index (χ4n) is 3.72. The quantitative estimate of drug-likeness (QED) is 0.748. The first kappa shape index (κ1) is 13.1. The first-order valence-corrected chi connectivity index (χ1v) is 7.43. The monoisotopic (exact) mass is 238 g/mol. The molecule has 0 aromatic heterocycles. The lowest BCUT2D eigenvalue weighted by Gasteiger charge is -2.32. The van der Waals surface area contributed by atoms with Gasteiger partial charge in [-0.25, -0.2) is 0 Å². The minimum Gasteiger partial charge on any atom is -0.377 e. The smallest absolute Gasteiger partial charge is 0.141 e. The van der Waals surface area contributed by atoms with E-state index in [1.807, 2.05) is 0 Å². The fraction of sp³-hybridized carbons (Fsp3) is 0.933. The molecular formula is C15H26O2. The summed E-state index contributed by atoms with van der Waals surface area (Å²) in [6.45, 7) is 5.16. The van der Waals surface area contributed by atoms with E-state index >= 15 is 0 Å². The summed E-state index contributed by atoms with van der Waals surface area (Å²) in [6, 6.07) is 0. The van der Waals surface area contributed by atoms with E-state index in [2.05, 4.69) is 13.8 Å². The largest absolute Gasteiger partial charge is 0.377 e. The van der Waals surface area contributed by atoms with Gasteiger partial charge < -0.3 is 4.74 Å². The highest BCUT2D eigenvalue weighted by molar-refractivity contribution is 5.84. The second kappa shape index (κ2) is 5.99. The van der Waals surface area contributed by atoms with Crippen molar-refractivity contribution in [3.63, 3.8) is 0 Å². The molecule has 2 rings (SSSR count). The molecule has 2 aliphatic rings. The molecule has 98 valence electrons. The predicted molar refractivity (Wildman–Crippen MR) is 68.9 cm³/mol. The van der Waals surface area contributed by atoms with Crippen LogP contribution in [0.4, 0.5) is 0 Å². The van der Waals surface area contributed by atoms with Crippen molar-refractivity contribution in [2.75, 3.05) is 6.61 Å². The number of hydrogen-bond donors (Lipinski definition) is 0. The van der Waals surface area contributed by atoms with Gasteiger partial charge in [0.1, 0.15) is 5.78 Å². The minimum atomic E-state index is 0.206. The molecule has 1 heterocycles. The van der Waals surface area contributed by atoms with Gasteiger partial charge in [-0.05, 0) is 31.6 Å². The van der Waals surface area contributed by atoms with Crippen LogP contribution in [0.15, 0.2) is 0 Å². The van der Waals surface area contributed by atoms with Crippen molar-refractivity contribution in [3.05, 3.63) is 0 Å². The summed E-state index contributed by atoms with van der Waals surface area (Å²) in [5.41, 5.74) is 0. The van der Waals surface area contributed by atoms with Crippen molar-refractivity contribution in [2.24, 2.45) is 17.8 Å². The summed E-state index contributed by atoms with van der Waals surface area (Å²) < 4.78 is 5.67. The summed E-state index contributed by atoms with van der Waals surface area (Å²) in [7, 11) is 0. The third-order valence-electron chi connectivity index (χ3n) is 4.78. The van der Waals surface area contributed by atoms with Crippen molar-refractivity contribution in [1.29, 1.82) is 0 Å². The van der Waals surface area contributed by atoms with Gasteiger partial charge in [0.2, 0.25) is 0 Å². The molecule has 2 fully saturated rings. The summed E-state index contributed by atoms with van der Waals surface area (Å²) in [5.74, 6) is 1.72. The van der Waals surface area contributed by atoms with Gasteiger partial charge in [0.25, 0.3) is 0 Å². The molecule has 4 unspecified atom stereocenters. The molecule has 1 aliphatic heterocycles. The van der Waals surface area contributed by atoms with Crippen LogP contribution in [-0.2, 0) is 9.53 Å². The molecule has 0 bridgehead atoms. The van der Waals surface area contributed by atoms with E-state index in [9.17, 15) is 4.79 Å². The number of ketones is 1. The second-order valence-corrected chi connectivity index (χ2v) is 5.67. The minimum absolute atomic E-state index is 0.206. The topological polar surface area (TPSA) is 26.3 Å². The van der Waals surface area contributed by atoms with Crippen LogP contribution >= 0.6 is 0 Å². The van der Waals surface area contributed by atoms with Crippen molar-refractivity contribution in [1.82, 2.24) is 0 Å². The number of carbonyl (C=O) groups is 1. The van der Waals surface area contributed by atoms with E-state index in [0.29, 0.717) is 17.6 Å². The summed E-state index contributed by atoms with van der Waals surface area (Å²) >= 11 is 0. The zero-order valence-electron chi connectivity index (χ0n) is 11.3. The molecule has 0 radical (unpaired) electrons. The Hall–Kier alpha value is -0.370. The maximum absolute atomic E-state index is 12.7. The number of ether oxygens (including phenoxy) is 1. The van der Waals surface area contributed by atoms with Crippen LogP contribution < -0.4 is 0 Å². The zero-order valence-corrected chi connectivity index (χ0v) is 11.3. The number of Topliss-reactive ketones (excluding diaryl/α,β-unsaturated/α-hetero) is 1. The van der Waals surface area contributed by atoms with Gasteiger partial charge in [-0.1, -0.05) is 33.1 Å². The molecule has 0 N–H and O–H groups in total. The molecule has 0 spiro atoms. The van der Waals surface area contributed by atoms with E-state index in [4.69, 9.17) is 4.74 Å². The predicted octanol–water partition coefficient (Wildman–Crippen LogP) is 3.59. The van der Waals surface area contributed by atoms with Gasteiger partial charge in [0, 0.05) is 18.4 Å². The van der Waals surface area contributed by atoms with Crippen molar-refractivity contribution < 1.29 is 9.53 Å². The molecule has 1 saturated carbocycles. The first-order valence-electron chi connectivity index (χ1n) is 7.43. The molecule has 1 saturated heterocycles. The van der Waals surface area contributed by atoms with Crippen LogP contribution in [0.1, 0.15) is 58.8 Å². The molecule has 2 nitrogen and oxygen atoms in total. The highest BCUT2D eigenvalue weighted by atomic mass is 16.5. The first-order chi connectivity index (χ1) is 8.27. The maximum atomic E-state index is 12.7. The fourth-order valence-corrected chi connectivity index (χ4v) is 3.72. The lowest BCUT2D eigenvalue weighted by Crippen LogP contribution is -2.35. The molecule has 0 aromatic carbocycles. The van der Waals surface area contributed by atoms with E-state index in [1.54, 1.807) is 0 Å². The number of rotatable bonds is 4. The Morgan fingerprint density at radius 1 is 1.06 bits per heavy atom. The Kier molecular flexibility index (Phi) is 4.61. The summed E-state index contributed by atoms with van der Waals surface area (Å²) in [6.07, 6.45) is 8.28. The Bertz CT molecular complexity index is 262. The Morgan fingerprint density at radius 2 is 1.82 bits per heavy atom. The van der Waals surface area contributed by atoms with Crippen LogP contribution in [0.3, 0.4) is 0 Å². The van der Waals surface area contributed by atoms with Crippen LogP contribution in [0.25, 0.3) is 0 Å². The van der Waals surface area contributed by atoms with Crippen LogP contribution in [0.2, 0.25) is 0 Å². The van der Waals surface area contributed by atoms with Crippen molar-refractivity contribution >= 4 is 5.78 Å². The molecular weight excluding hydrogens is 212 g/mol. The van der Waals surface area contributed by atoms with Gasteiger partial charge in [-0.15, -0.1) is 0 Å². The second-order valence-electron chi connectivity index (χ2n) is 5.67. The van der Waals surface area contributed by atoms with E-state index in [-0.39, 0.29) is 12.0 Å². The normalized spacial score (nSPS) is 38.2. The average Bonchev–Trinajstić information content (AvgIpc) is 2.86.